The minimum absolute atomic E-state index is 0.595. The second-order valence-electron chi connectivity index (χ2n) is 12.4. The van der Waals surface area contributed by atoms with E-state index in [2.05, 4.69) is 133 Å². The highest BCUT2D eigenvalue weighted by Crippen LogP contribution is 2.49. The molecule has 0 saturated heterocycles. The van der Waals surface area contributed by atoms with Crippen molar-refractivity contribution in [2.24, 2.45) is 0 Å². The number of ether oxygens (including phenoxy) is 1. The van der Waals surface area contributed by atoms with Gasteiger partial charge in [-0.15, -0.1) is 0 Å². The summed E-state index contributed by atoms with van der Waals surface area (Å²) in [6.45, 7) is 0. The summed E-state index contributed by atoms with van der Waals surface area (Å²) in [6.07, 6.45) is 0. The minimum Gasteiger partial charge on any atom is -0.456 e. The highest BCUT2D eigenvalue weighted by Gasteiger charge is 2.22. The first-order valence-electron chi connectivity index (χ1n) is 15.9. The fraction of sp³-hybridized carbons (Fsp3) is 0. The van der Waals surface area contributed by atoms with E-state index in [1.165, 1.54) is 65.3 Å². The van der Waals surface area contributed by atoms with Crippen LogP contribution in [0.15, 0.2) is 152 Å². The summed E-state index contributed by atoms with van der Waals surface area (Å²) in [7, 11) is 0. The molecule has 0 aromatic heterocycles. The average molecular weight is 596 g/mol. The second kappa shape index (κ2) is 9.78. The molecule has 0 spiro atoms. The Morgan fingerprint density at radius 1 is 0.383 bits per heavy atom. The van der Waals surface area contributed by atoms with Crippen LogP contribution in [-0.2, 0) is 0 Å². The van der Waals surface area contributed by atoms with Crippen LogP contribution in [0.25, 0.3) is 87.2 Å². The monoisotopic (exact) mass is 595 g/mol. The Kier molecular flexibility index (Phi) is 5.38. The molecule has 0 unspecified atom stereocenters. The van der Waals surface area contributed by atoms with Gasteiger partial charge in [0.2, 0.25) is 0 Å². The third kappa shape index (κ3) is 3.84. The second-order valence-corrected chi connectivity index (χ2v) is 12.4. The lowest BCUT2D eigenvalue weighted by Crippen LogP contribution is -1.98. The number of rotatable bonds is 2. The van der Waals surface area contributed by atoms with Crippen molar-refractivity contribution in [2.75, 3.05) is 0 Å². The molecule has 0 amide bonds. The molecular formula is C45H25NO. The van der Waals surface area contributed by atoms with Crippen LogP contribution in [0.2, 0.25) is 0 Å². The third-order valence-corrected chi connectivity index (χ3v) is 9.85. The predicted molar refractivity (Wildman–Crippen MR) is 195 cm³/mol. The fourth-order valence-corrected chi connectivity index (χ4v) is 7.63. The van der Waals surface area contributed by atoms with E-state index < -0.39 is 0 Å². The molecule has 1 aliphatic heterocycles. The Bertz CT molecular complexity index is 2840. The van der Waals surface area contributed by atoms with Gasteiger partial charge in [0.25, 0.3) is 0 Å². The Morgan fingerprint density at radius 2 is 1.04 bits per heavy atom. The van der Waals surface area contributed by atoms with Gasteiger partial charge in [0.15, 0.2) is 0 Å². The predicted octanol–water partition coefficient (Wildman–Crippen LogP) is 12.4. The quantitative estimate of drug-likeness (QED) is 0.186. The lowest BCUT2D eigenvalue weighted by atomic mass is 9.88. The lowest BCUT2D eigenvalue weighted by Gasteiger charge is -2.22. The van der Waals surface area contributed by atoms with Crippen molar-refractivity contribution >= 4 is 53.9 Å². The van der Waals surface area contributed by atoms with E-state index in [0.717, 1.165) is 33.4 Å². The zero-order valence-electron chi connectivity index (χ0n) is 25.3. The summed E-state index contributed by atoms with van der Waals surface area (Å²) in [5.41, 5.74) is 7.55. The van der Waals surface area contributed by atoms with Gasteiger partial charge in [-0.25, -0.2) is 0 Å². The zero-order valence-corrected chi connectivity index (χ0v) is 25.3. The molecule has 0 saturated carbocycles. The van der Waals surface area contributed by atoms with E-state index in [1.807, 2.05) is 24.3 Å². The molecule has 1 aliphatic rings. The van der Waals surface area contributed by atoms with E-state index in [4.69, 9.17) is 4.74 Å². The van der Waals surface area contributed by atoms with Gasteiger partial charge in [-0.1, -0.05) is 109 Å². The first kappa shape index (κ1) is 25.9. The topological polar surface area (TPSA) is 33.0 Å². The van der Waals surface area contributed by atoms with Crippen LogP contribution in [0, 0.1) is 11.3 Å². The van der Waals surface area contributed by atoms with Gasteiger partial charge in [0, 0.05) is 10.9 Å². The van der Waals surface area contributed by atoms with E-state index in [0.29, 0.717) is 5.56 Å². The molecule has 9 aromatic carbocycles. The Balaban J connectivity index is 1.12. The normalized spacial score (nSPS) is 12.0. The Morgan fingerprint density at radius 3 is 1.87 bits per heavy atom. The summed E-state index contributed by atoms with van der Waals surface area (Å²) in [5, 5.41) is 21.7. The van der Waals surface area contributed by atoms with Crippen molar-refractivity contribution in [2.45, 2.75) is 0 Å². The first-order valence-corrected chi connectivity index (χ1v) is 15.9. The smallest absolute Gasteiger partial charge is 0.136 e. The molecule has 216 valence electrons. The Labute approximate surface area is 271 Å². The van der Waals surface area contributed by atoms with Gasteiger partial charge in [0.1, 0.15) is 11.5 Å². The maximum Gasteiger partial charge on any atom is 0.136 e. The molecule has 10 rings (SSSR count). The van der Waals surface area contributed by atoms with E-state index in [-0.39, 0.29) is 0 Å². The highest BCUT2D eigenvalue weighted by molar-refractivity contribution is 6.21. The van der Waals surface area contributed by atoms with E-state index in [9.17, 15) is 5.26 Å². The maximum absolute atomic E-state index is 9.41. The van der Waals surface area contributed by atoms with Crippen LogP contribution in [0.3, 0.4) is 0 Å². The van der Waals surface area contributed by atoms with Crippen molar-refractivity contribution in [1.29, 1.82) is 5.26 Å². The van der Waals surface area contributed by atoms with Crippen molar-refractivity contribution in [3.63, 3.8) is 0 Å². The molecule has 0 N–H and O–H groups in total. The van der Waals surface area contributed by atoms with Crippen molar-refractivity contribution in [1.82, 2.24) is 0 Å². The van der Waals surface area contributed by atoms with E-state index >= 15 is 0 Å². The molecule has 0 aliphatic carbocycles. The summed E-state index contributed by atoms with van der Waals surface area (Å²) >= 11 is 0. The maximum atomic E-state index is 9.41. The van der Waals surface area contributed by atoms with Crippen LogP contribution in [0.1, 0.15) is 5.56 Å². The van der Waals surface area contributed by atoms with Crippen LogP contribution in [-0.4, -0.2) is 0 Å². The summed E-state index contributed by atoms with van der Waals surface area (Å²) in [6, 6.07) is 56.5. The molecular weight excluding hydrogens is 571 g/mol. The summed E-state index contributed by atoms with van der Waals surface area (Å²) in [5.74, 6) is 1.55. The molecule has 0 fully saturated rings. The molecule has 47 heavy (non-hydrogen) atoms. The van der Waals surface area contributed by atoms with Gasteiger partial charge in [-0.2, -0.15) is 5.26 Å². The zero-order chi connectivity index (χ0) is 31.1. The number of nitriles is 1. The molecule has 0 atom stereocenters. The Hall–Kier alpha value is -6.43. The van der Waals surface area contributed by atoms with Crippen LogP contribution in [0.4, 0.5) is 0 Å². The third-order valence-electron chi connectivity index (χ3n) is 9.85. The van der Waals surface area contributed by atoms with Crippen molar-refractivity contribution in [3.8, 4) is 50.9 Å². The molecule has 2 nitrogen and oxygen atoms in total. The minimum atomic E-state index is 0.595. The van der Waals surface area contributed by atoms with Gasteiger partial charge in [-0.3, -0.25) is 0 Å². The molecule has 0 radical (unpaired) electrons. The van der Waals surface area contributed by atoms with Gasteiger partial charge < -0.3 is 4.74 Å². The van der Waals surface area contributed by atoms with Gasteiger partial charge in [-0.05, 0) is 119 Å². The van der Waals surface area contributed by atoms with Crippen molar-refractivity contribution < 1.29 is 4.74 Å². The number of benzene rings is 9. The first-order chi connectivity index (χ1) is 23.2. The highest BCUT2D eigenvalue weighted by atomic mass is 16.5. The fourth-order valence-electron chi connectivity index (χ4n) is 7.63. The molecule has 0 bridgehead atoms. The number of nitrogens with zero attached hydrogens (tertiary/aromatic N) is 1. The van der Waals surface area contributed by atoms with Crippen LogP contribution >= 0.6 is 0 Å². The summed E-state index contributed by atoms with van der Waals surface area (Å²) in [4.78, 5) is 0. The van der Waals surface area contributed by atoms with E-state index in [1.54, 1.807) is 0 Å². The largest absolute Gasteiger partial charge is 0.456 e. The van der Waals surface area contributed by atoms with Crippen LogP contribution in [0.5, 0.6) is 11.5 Å². The molecule has 1 heterocycles. The molecule has 2 heteroatoms. The summed E-state index contributed by atoms with van der Waals surface area (Å²) < 4.78 is 6.34. The number of hydrogen-bond acceptors (Lipinski definition) is 2. The lowest BCUT2D eigenvalue weighted by molar-refractivity contribution is 0.487. The van der Waals surface area contributed by atoms with Gasteiger partial charge in [0.05, 0.1) is 11.6 Å². The van der Waals surface area contributed by atoms with Crippen molar-refractivity contribution in [3.05, 3.63) is 157 Å². The molecule has 9 aromatic rings. The van der Waals surface area contributed by atoms with Crippen LogP contribution < -0.4 is 4.74 Å². The number of fused-ring (bicyclic) bond motifs is 8. The average Bonchev–Trinajstić information content (AvgIpc) is 3.13. The SMILES string of the molecule is N#Cc1ccc2c(c1)Oc1cccc3c(-c4ccc5cc(-c6cc7c8ccccc8ccc7c7ccccc67)ccc5c4)ccc-2c13. The number of hydrogen-bond donors (Lipinski definition) is 0. The van der Waals surface area contributed by atoms with Gasteiger partial charge >= 0.3 is 0 Å². The standard InChI is InChI=1S/C45H25NO/c46-26-27-12-18-38-40-21-20-34(39-10-5-11-43(45(39)40)47-44(38)22-27)31-15-13-30-24-32(16-14-29(30)23-31)41-25-42-33-7-2-1-6-28(33)17-19-37(42)35-8-3-4-9-36(35)41/h1-25H.